The summed E-state index contributed by atoms with van der Waals surface area (Å²) in [6.07, 6.45) is -2.47. The Balaban J connectivity index is 2.23. The first-order valence-corrected chi connectivity index (χ1v) is 5.87. The number of rotatable bonds is 2. The van der Waals surface area contributed by atoms with E-state index >= 15 is 0 Å². The van der Waals surface area contributed by atoms with Gasteiger partial charge in [0.25, 0.3) is 0 Å². The van der Waals surface area contributed by atoms with E-state index in [1.165, 1.54) is 18.3 Å². The maximum atomic E-state index is 12.3. The van der Waals surface area contributed by atoms with Crippen LogP contribution in [0.25, 0.3) is 10.6 Å². The third-order valence-corrected chi connectivity index (χ3v) is 2.85. The smallest absolute Gasteiger partial charge is 0.310 e. The number of alkyl halides is 3. The number of amides is 1. The van der Waals surface area contributed by atoms with Crippen molar-refractivity contribution in [1.29, 1.82) is 0 Å². The number of anilines is 1. The summed E-state index contributed by atoms with van der Waals surface area (Å²) >= 11 is 1.17. The van der Waals surface area contributed by atoms with Gasteiger partial charge in [-0.15, -0.1) is 11.3 Å². The van der Waals surface area contributed by atoms with Gasteiger partial charge in [0, 0.05) is 30.3 Å². The van der Waals surface area contributed by atoms with Crippen LogP contribution in [0.5, 0.6) is 0 Å². The van der Waals surface area contributed by atoms with Crippen molar-refractivity contribution < 1.29 is 18.0 Å². The molecule has 0 saturated carbocycles. The van der Waals surface area contributed by atoms with E-state index in [9.17, 15) is 18.0 Å². The Morgan fingerprint density at radius 2 is 1.95 bits per heavy atom. The lowest BCUT2D eigenvalue weighted by molar-refractivity contribution is -0.145. The fourth-order valence-corrected chi connectivity index (χ4v) is 1.96. The molecule has 2 rings (SSSR count). The Bertz CT molecular complexity index is 594. The summed E-state index contributed by atoms with van der Waals surface area (Å²) in [6, 6.07) is 0. The second-order valence-electron chi connectivity index (χ2n) is 3.51. The molecule has 0 radical (unpaired) electrons. The Labute approximate surface area is 109 Å². The van der Waals surface area contributed by atoms with Crippen molar-refractivity contribution in [2.75, 3.05) is 5.32 Å². The average molecular weight is 288 g/mol. The molecule has 0 aliphatic carbocycles. The second kappa shape index (κ2) is 4.92. The van der Waals surface area contributed by atoms with E-state index in [4.69, 9.17) is 0 Å². The molecule has 1 N–H and O–H groups in total. The summed E-state index contributed by atoms with van der Waals surface area (Å²) in [6.45, 7) is 1.33. The number of hydrogen-bond acceptors (Lipinski definition) is 5. The summed E-state index contributed by atoms with van der Waals surface area (Å²) in [7, 11) is 0. The fraction of sp³-hybridized carbons (Fsp3) is 0.200. The van der Waals surface area contributed by atoms with E-state index in [1.807, 2.05) is 0 Å². The molecule has 0 saturated heterocycles. The molecule has 1 amide bonds. The molecule has 5 nitrogen and oxygen atoms in total. The number of hydrogen-bond donors (Lipinski definition) is 1. The van der Waals surface area contributed by atoms with Gasteiger partial charge in [-0.1, -0.05) is 0 Å². The van der Waals surface area contributed by atoms with Crippen molar-refractivity contribution in [2.45, 2.75) is 13.1 Å². The molecule has 0 fully saturated rings. The Morgan fingerprint density at radius 1 is 1.32 bits per heavy atom. The molecule has 0 unspecified atom stereocenters. The van der Waals surface area contributed by atoms with Gasteiger partial charge in [0.1, 0.15) is 10.8 Å². The molecule has 19 heavy (non-hydrogen) atoms. The summed E-state index contributed by atoms with van der Waals surface area (Å²) in [4.78, 5) is 21.3. The maximum absolute atomic E-state index is 12.3. The highest BCUT2D eigenvalue weighted by molar-refractivity contribution is 7.13. The molecule has 100 valence electrons. The molecule has 9 heteroatoms. The summed E-state index contributed by atoms with van der Waals surface area (Å²) in [5.74, 6) is -1.14. The van der Waals surface area contributed by atoms with E-state index in [2.05, 4.69) is 20.3 Å². The minimum Gasteiger partial charge on any atom is -0.310 e. The van der Waals surface area contributed by atoms with Crippen LogP contribution in [0.3, 0.4) is 0 Å². The molecular weight excluding hydrogens is 281 g/mol. The second-order valence-corrected chi connectivity index (χ2v) is 4.37. The van der Waals surface area contributed by atoms with E-state index in [-0.39, 0.29) is 5.91 Å². The van der Waals surface area contributed by atoms with E-state index in [0.717, 1.165) is 12.4 Å². The number of halogens is 3. The van der Waals surface area contributed by atoms with Crippen LogP contribution < -0.4 is 5.32 Å². The van der Waals surface area contributed by atoms with Gasteiger partial charge in [0.05, 0.1) is 0 Å². The first-order chi connectivity index (χ1) is 8.86. The van der Waals surface area contributed by atoms with Crippen molar-refractivity contribution in [3.63, 3.8) is 0 Å². The monoisotopic (exact) mass is 288 g/mol. The van der Waals surface area contributed by atoms with Gasteiger partial charge in [0.2, 0.25) is 11.7 Å². The standard InChI is InChI=1S/C10H7F3N4OS/c1-5(18)16-7-4-19-8(17-7)6-2-14-9(15-3-6)10(11,12)13/h2-4H,1H3,(H,16,18). The van der Waals surface area contributed by atoms with E-state index < -0.39 is 12.0 Å². The highest BCUT2D eigenvalue weighted by atomic mass is 32.1. The number of thiazole rings is 1. The SMILES string of the molecule is CC(=O)Nc1csc(-c2cnc(C(F)(F)F)nc2)n1. The lowest BCUT2D eigenvalue weighted by Crippen LogP contribution is -2.10. The number of nitrogens with zero attached hydrogens (tertiary/aromatic N) is 3. The first-order valence-electron chi connectivity index (χ1n) is 4.99. The Kier molecular flexibility index (Phi) is 3.47. The topological polar surface area (TPSA) is 67.8 Å². The van der Waals surface area contributed by atoms with Gasteiger partial charge >= 0.3 is 6.18 Å². The predicted molar refractivity (Wildman–Crippen MR) is 62.4 cm³/mol. The molecule has 0 bridgehead atoms. The van der Waals surface area contributed by atoms with Gasteiger partial charge in [-0.3, -0.25) is 4.79 Å². The summed E-state index contributed by atoms with van der Waals surface area (Å²) in [5.41, 5.74) is 0.356. The molecule has 0 atom stereocenters. The molecule has 2 heterocycles. The highest BCUT2D eigenvalue weighted by Gasteiger charge is 2.34. The molecule has 0 aliphatic heterocycles. The van der Waals surface area contributed by atoms with Crippen LogP contribution in [-0.2, 0) is 11.0 Å². The Morgan fingerprint density at radius 3 is 2.47 bits per heavy atom. The molecule has 0 aromatic carbocycles. The quantitative estimate of drug-likeness (QED) is 0.922. The largest absolute Gasteiger partial charge is 0.451 e. The van der Waals surface area contributed by atoms with Gasteiger partial charge in [0.15, 0.2) is 0 Å². The predicted octanol–water partition coefficient (Wildman–Crippen LogP) is 2.58. The van der Waals surface area contributed by atoms with Crippen LogP contribution in [0, 0.1) is 0 Å². The van der Waals surface area contributed by atoms with E-state index in [1.54, 1.807) is 5.38 Å². The van der Waals surface area contributed by atoms with Gasteiger partial charge in [-0.2, -0.15) is 13.2 Å². The van der Waals surface area contributed by atoms with Crippen LogP contribution in [0.2, 0.25) is 0 Å². The lowest BCUT2D eigenvalue weighted by Gasteiger charge is -2.03. The molecule has 0 aliphatic rings. The fourth-order valence-electron chi connectivity index (χ4n) is 1.23. The average Bonchev–Trinajstić information content (AvgIpc) is 2.75. The summed E-state index contributed by atoms with van der Waals surface area (Å²) < 4.78 is 36.9. The van der Waals surface area contributed by atoms with Crippen molar-refractivity contribution in [2.24, 2.45) is 0 Å². The minimum atomic E-state index is -4.57. The highest BCUT2D eigenvalue weighted by Crippen LogP contribution is 2.28. The first kappa shape index (κ1) is 13.4. The number of carbonyl (C=O) groups is 1. The number of carbonyl (C=O) groups excluding carboxylic acids is 1. The zero-order valence-electron chi connectivity index (χ0n) is 9.52. The zero-order valence-corrected chi connectivity index (χ0v) is 10.3. The minimum absolute atomic E-state index is 0.277. The van der Waals surface area contributed by atoms with Gasteiger partial charge < -0.3 is 5.32 Å². The maximum Gasteiger partial charge on any atom is 0.451 e. The van der Waals surface area contributed by atoms with E-state index in [0.29, 0.717) is 16.4 Å². The third kappa shape index (κ3) is 3.25. The molecule has 0 spiro atoms. The molecular formula is C10H7F3N4OS. The van der Waals surface area contributed by atoms with Crippen molar-refractivity contribution in [1.82, 2.24) is 15.0 Å². The van der Waals surface area contributed by atoms with Crippen LogP contribution in [0.15, 0.2) is 17.8 Å². The summed E-state index contributed by atoms with van der Waals surface area (Å²) in [5, 5.41) is 4.48. The van der Waals surface area contributed by atoms with Crippen molar-refractivity contribution >= 4 is 23.1 Å². The van der Waals surface area contributed by atoms with Crippen LogP contribution in [0.1, 0.15) is 12.7 Å². The lowest BCUT2D eigenvalue weighted by atomic mass is 10.3. The molecule has 2 aromatic rings. The van der Waals surface area contributed by atoms with Crippen molar-refractivity contribution in [3.05, 3.63) is 23.6 Å². The van der Waals surface area contributed by atoms with Crippen molar-refractivity contribution in [3.8, 4) is 10.6 Å². The van der Waals surface area contributed by atoms with Crippen LogP contribution in [0.4, 0.5) is 19.0 Å². The Hall–Kier alpha value is -2.03. The van der Waals surface area contributed by atoms with Crippen LogP contribution >= 0.6 is 11.3 Å². The number of nitrogens with one attached hydrogen (secondary N) is 1. The zero-order chi connectivity index (χ0) is 14.0. The number of aromatic nitrogens is 3. The third-order valence-electron chi connectivity index (χ3n) is 1.96. The normalized spacial score (nSPS) is 11.4. The van der Waals surface area contributed by atoms with Gasteiger partial charge in [-0.25, -0.2) is 15.0 Å². The molecule has 2 aromatic heterocycles. The van der Waals surface area contributed by atoms with Gasteiger partial charge in [-0.05, 0) is 0 Å². The van der Waals surface area contributed by atoms with Crippen LogP contribution in [-0.4, -0.2) is 20.9 Å².